The first-order chi connectivity index (χ1) is 6.92. The maximum Gasteiger partial charge on any atom is 0.0874 e. The van der Waals surface area contributed by atoms with Crippen LogP contribution in [0.5, 0.6) is 0 Å². The lowest BCUT2D eigenvalue weighted by molar-refractivity contribution is 0.153. The number of nitrogens with zero attached hydrogens (tertiary/aromatic N) is 1. The molecule has 1 atom stereocenters. The molecule has 1 aromatic heterocycles. The molecule has 4 heteroatoms. The minimum Gasteiger partial charge on any atom is -0.367 e. The van der Waals surface area contributed by atoms with Gasteiger partial charge < -0.3 is 15.6 Å². The number of aromatic nitrogens is 1. The SMILES string of the molecule is CNC(c1cc[nH]c1)N1CCNCC1. The molecule has 2 rings (SSSR count). The number of hydrogen-bond donors (Lipinski definition) is 3. The second-order valence-electron chi connectivity index (χ2n) is 3.62. The van der Waals surface area contributed by atoms with Crippen LogP contribution in [0.4, 0.5) is 0 Å². The van der Waals surface area contributed by atoms with E-state index in [9.17, 15) is 0 Å². The van der Waals surface area contributed by atoms with Crippen molar-refractivity contribution in [2.24, 2.45) is 0 Å². The highest BCUT2D eigenvalue weighted by Gasteiger charge is 2.20. The van der Waals surface area contributed by atoms with E-state index in [1.165, 1.54) is 5.56 Å². The Morgan fingerprint density at radius 1 is 1.43 bits per heavy atom. The molecule has 0 radical (unpaired) electrons. The largest absolute Gasteiger partial charge is 0.367 e. The minimum absolute atomic E-state index is 0.350. The van der Waals surface area contributed by atoms with Crippen molar-refractivity contribution in [3.8, 4) is 0 Å². The molecule has 14 heavy (non-hydrogen) atoms. The molecule has 0 aromatic carbocycles. The van der Waals surface area contributed by atoms with Gasteiger partial charge in [0.1, 0.15) is 0 Å². The van der Waals surface area contributed by atoms with Gasteiger partial charge in [-0.05, 0) is 13.1 Å². The summed E-state index contributed by atoms with van der Waals surface area (Å²) in [7, 11) is 2.01. The van der Waals surface area contributed by atoms with Gasteiger partial charge in [-0.15, -0.1) is 0 Å². The Balaban J connectivity index is 2.04. The zero-order valence-corrected chi connectivity index (χ0v) is 8.59. The third-order valence-corrected chi connectivity index (χ3v) is 2.73. The average molecular weight is 194 g/mol. The normalized spacial score (nSPS) is 20.9. The van der Waals surface area contributed by atoms with Crippen LogP contribution in [0.2, 0.25) is 0 Å². The number of piperazine rings is 1. The van der Waals surface area contributed by atoms with Crippen molar-refractivity contribution < 1.29 is 0 Å². The number of nitrogens with one attached hydrogen (secondary N) is 3. The minimum atomic E-state index is 0.350. The lowest BCUT2D eigenvalue weighted by Gasteiger charge is -2.34. The van der Waals surface area contributed by atoms with Crippen LogP contribution >= 0.6 is 0 Å². The number of aromatic amines is 1. The molecule has 1 aliphatic rings. The summed E-state index contributed by atoms with van der Waals surface area (Å²) in [5.41, 5.74) is 1.31. The Hall–Kier alpha value is -0.840. The maximum absolute atomic E-state index is 3.36. The molecular formula is C10H18N4. The molecule has 3 N–H and O–H groups in total. The topological polar surface area (TPSA) is 43.1 Å². The van der Waals surface area contributed by atoms with Gasteiger partial charge in [0.05, 0.1) is 6.17 Å². The predicted molar refractivity (Wildman–Crippen MR) is 57.0 cm³/mol. The number of hydrogen-bond acceptors (Lipinski definition) is 3. The molecule has 78 valence electrons. The second kappa shape index (κ2) is 4.59. The van der Waals surface area contributed by atoms with Crippen molar-refractivity contribution >= 4 is 0 Å². The van der Waals surface area contributed by atoms with Crippen LogP contribution in [0.15, 0.2) is 18.5 Å². The summed E-state index contributed by atoms with van der Waals surface area (Å²) in [6, 6.07) is 2.13. The average Bonchev–Trinajstić information content (AvgIpc) is 2.74. The van der Waals surface area contributed by atoms with Gasteiger partial charge in [0.15, 0.2) is 0 Å². The number of H-pyrrole nitrogens is 1. The van der Waals surface area contributed by atoms with Gasteiger partial charge in [0.25, 0.3) is 0 Å². The van der Waals surface area contributed by atoms with E-state index in [4.69, 9.17) is 0 Å². The van der Waals surface area contributed by atoms with Crippen molar-refractivity contribution in [1.29, 1.82) is 0 Å². The molecule has 4 nitrogen and oxygen atoms in total. The summed E-state index contributed by atoms with van der Waals surface area (Å²) in [6.07, 6.45) is 4.38. The van der Waals surface area contributed by atoms with E-state index in [1.807, 2.05) is 13.2 Å². The van der Waals surface area contributed by atoms with Crippen molar-refractivity contribution in [2.45, 2.75) is 6.17 Å². The Morgan fingerprint density at radius 2 is 2.21 bits per heavy atom. The van der Waals surface area contributed by atoms with E-state index >= 15 is 0 Å². The lowest BCUT2D eigenvalue weighted by Crippen LogP contribution is -2.48. The third-order valence-electron chi connectivity index (χ3n) is 2.73. The van der Waals surface area contributed by atoms with Crippen LogP contribution < -0.4 is 10.6 Å². The second-order valence-corrected chi connectivity index (χ2v) is 3.62. The van der Waals surface area contributed by atoms with Crippen molar-refractivity contribution in [2.75, 3.05) is 33.2 Å². The fourth-order valence-corrected chi connectivity index (χ4v) is 2.01. The van der Waals surface area contributed by atoms with Gasteiger partial charge in [-0.3, -0.25) is 4.90 Å². The van der Waals surface area contributed by atoms with Crippen LogP contribution in [0.3, 0.4) is 0 Å². The van der Waals surface area contributed by atoms with Crippen LogP contribution in [0, 0.1) is 0 Å². The first-order valence-corrected chi connectivity index (χ1v) is 5.16. The monoisotopic (exact) mass is 194 g/mol. The fraction of sp³-hybridized carbons (Fsp3) is 0.600. The molecule has 1 saturated heterocycles. The molecule has 0 aliphatic carbocycles. The van der Waals surface area contributed by atoms with Gasteiger partial charge in [0, 0.05) is 44.1 Å². The highest BCUT2D eigenvalue weighted by Crippen LogP contribution is 2.16. The molecule has 0 saturated carbocycles. The summed E-state index contributed by atoms with van der Waals surface area (Å²) >= 11 is 0. The van der Waals surface area contributed by atoms with Crippen molar-refractivity contribution in [1.82, 2.24) is 20.5 Å². The van der Waals surface area contributed by atoms with E-state index < -0.39 is 0 Å². The van der Waals surface area contributed by atoms with E-state index in [0.29, 0.717) is 6.17 Å². The lowest BCUT2D eigenvalue weighted by atomic mass is 10.2. The third kappa shape index (κ3) is 1.97. The van der Waals surface area contributed by atoms with Gasteiger partial charge in [-0.25, -0.2) is 0 Å². The highest BCUT2D eigenvalue weighted by atomic mass is 15.3. The van der Waals surface area contributed by atoms with Crippen LogP contribution in [0.1, 0.15) is 11.7 Å². The zero-order chi connectivity index (χ0) is 9.80. The van der Waals surface area contributed by atoms with Crippen LogP contribution in [0.25, 0.3) is 0 Å². The number of rotatable bonds is 3. The first kappa shape index (κ1) is 9.71. The Bertz CT molecular complexity index is 251. The Kier molecular flexibility index (Phi) is 3.18. The van der Waals surface area contributed by atoms with Gasteiger partial charge >= 0.3 is 0 Å². The molecule has 0 amide bonds. The van der Waals surface area contributed by atoms with E-state index in [1.54, 1.807) is 0 Å². The predicted octanol–water partition coefficient (Wildman–Crippen LogP) is 0.138. The molecule has 0 spiro atoms. The van der Waals surface area contributed by atoms with Crippen LogP contribution in [-0.2, 0) is 0 Å². The van der Waals surface area contributed by atoms with Crippen molar-refractivity contribution in [3.05, 3.63) is 24.0 Å². The first-order valence-electron chi connectivity index (χ1n) is 5.16. The summed E-state index contributed by atoms with van der Waals surface area (Å²) < 4.78 is 0. The summed E-state index contributed by atoms with van der Waals surface area (Å²) in [4.78, 5) is 5.56. The van der Waals surface area contributed by atoms with Gasteiger partial charge in [-0.1, -0.05) is 0 Å². The fourth-order valence-electron chi connectivity index (χ4n) is 2.01. The maximum atomic E-state index is 3.36. The molecule has 1 aliphatic heterocycles. The van der Waals surface area contributed by atoms with Crippen LogP contribution in [-0.4, -0.2) is 43.1 Å². The standard InChI is InChI=1S/C10H18N4/c1-11-10(9-2-3-13-8-9)14-6-4-12-5-7-14/h2-3,8,10-13H,4-7H2,1H3. The van der Waals surface area contributed by atoms with Crippen molar-refractivity contribution in [3.63, 3.8) is 0 Å². The summed E-state index contributed by atoms with van der Waals surface area (Å²) in [5, 5.41) is 6.71. The molecule has 1 aromatic rings. The summed E-state index contributed by atoms with van der Waals surface area (Å²) in [5.74, 6) is 0. The van der Waals surface area contributed by atoms with Gasteiger partial charge in [-0.2, -0.15) is 0 Å². The summed E-state index contributed by atoms with van der Waals surface area (Å²) in [6.45, 7) is 4.39. The van der Waals surface area contributed by atoms with E-state index in [0.717, 1.165) is 26.2 Å². The molecule has 1 unspecified atom stereocenters. The van der Waals surface area contributed by atoms with E-state index in [2.05, 4.69) is 32.8 Å². The smallest absolute Gasteiger partial charge is 0.0874 e. The Labute approximate surface area is 84.7 Å². The zero-order valence-electron chi connectivity index (χ0n) is 8.59. The molecule has 1 fully saturated rings. The molecule has 2 heterocycles. The quantitative estimate of drug-likeness (QED) is 0.641. The molecular weight excluding hydrogens is 176 g/mol. The van der Waals surface area contributed by atoms with E-state index in [-0.39, 0.29) is 0 Å². The Morgan fingerprint density at radius 3 is 2.79 bits per heavy atom. The molecule has 0 bridgehead atoms. The highest BCUT2D eigenvalue weighted by molar-refractivity contribution is 5.13. The van der Waals surface area contributed by atoms with Gasteiger partial charge in [0.2, 0.25) is 0 Å².